The van der Waals surface area contributed by atoms with Crippen LogP contribution in [0.15, 0.2) is 72.3 Å². The smallest absolute Gasteiger partial charge is 0.301 e. The van der Waals surface area contributed by atoms with E-state index in [0.717, 1.165) is 22.2 Å². The van der Waals surface area contributed by atoms with E-state index < -0.39 is 17.7 Å². The fourth-order valence-electron chi connectivity index (χ4n) is 4.30. The maximum absolute atomic E-state index is 13.4. The van der Waals surface area contributed by atoms with Crippen LogP contribution in [0.1, 0.15) is 36.6 Å². The van der Waals surface area contributed by atoms with Crippen LogP contribution in [0.4, 0.5) is 5.13 Å². The van der Waals surface area contributed by atoms with Crippen molar-refractivity contribution in [2.45, 2.75) is 26.3 Å². The average molecular weight is 519 g/mol. The lowest BCUT2D eigenvalue weighted by molar-refractivity contribution is -0.132. The van der Waals surface area contributed by atoms with Gasteiger partial charge in [0.05, 0.1) is 28.4 Å². The van der Waals surface area contributed by atoms with E-state index in [2.05, 4.69) is 11.9 Å². The Labute approximate surface area is 217 Å². The molecule has 1 aliphatic rings. The number of aliphatic hydroxyl groups excluding tert-OH is 1. The summed E-state index contributed by atoms with van der Waals surface area (Å²) in [5.74, 6) is -1.12. The van der Waals surface area contributed by atoms with Crippen molar-refractivity contribution in [2.24, 2.45) is 0 Å². The first-order valence-corrected chi connectivity index (χ1v) is 12.8. The lowest BCUT2D eigenvalue weighted by Gasteiger charge is -2.23. The fraction of sp³-hybridized carbons (Fsp3) is 0.179. The molecule has 1 aromatic heterocycles. The number of Topliss-reactive ketones (excluding diaryl/α,β-unsaturated/α-hetero) is 1. The maximum Gasteiger partial charge on any atom is 0.301 e. The van der Waals surface area contributed by atoms with E-state index in [9.17, 15) is 14.7 Å². The molecule has 1 N–H and O–H groups in total. The number of anilines is 1. The Morgan fingerprint density at radius 3 is 2.44 bits per heavy atom. The summed E-state index contributed by atoms with van der Waals surface area (Å²) < 4.78 is 6.40. The van der Waals surface area contributed by atoms with Crippen LogP contribution in [0.2, 0.25) is 5.02 Å². The van der Waals surface area contributed by atoms with Gasteiger partial charge in [0.15, 0.2) is 5.13 Å². The second kappa shape index (κ2) is 9.76. The van der Waals surface area contributed by atoms with Gasteiger partial charge in [-0.25, -0.2) is 4.98 Å². The minimum Gasteiger partial charge on any atom is -0.507 e. The van der Waals surface area contributed by atoms with Gasteiger partial charge in [0.2, 0.25) is 0 Å². The van der Waals surface area contributed by atoms with Crippen molar-refractivity contribution in [1.82, 2.24) is 4.98 Å². The van der Waals surface area contributed by atoms with Crippen LogP contribution in [0.5, 0.6) is 5.75 Å². The average Bonchev–Trinajstić information content (AvgIpc) is 3.42. The van der Waals surface area contributed by atoms with E-state index in [1.165, 1.54) is 16.2 Å². The molecule has 8 heteroatoms. The molecule has 1 atom stereocenters. The van der Waals surface area contributed by atoms with Crippen molar-refractivity contribution in [3.63, 3.8) is 0 Å². The van der Waals surface area contributed by atoms with Crippen LogP contribution in [0, 0.1) is 0 Å². The number of aryl methyl sites for hydroxylation is 1. The summed E-state index contributed by atoms with van der Waals surface area (Å²) in [6.45, 7) is 4.46. The van der Waals surface area contributed by atoms with Crippen molar-refractivity contribution in [1.29, 1.82) is 0 Å². The number of aromatic nitrogens is 1. The highest BCUT2D eigenvalue weighted by Crippen LogP contribution is 2.44. The van der Waals surface area contributed by atoms with E-state index in [-0.39, 0.29) is 11.3 Å². The third kappa shape index (κ3) is 4.25. The summed E-state index contributed by atoms with van der Waals surface area (Å²) in [6, 6.07) is 18.7. The number of hydrogen-bond donors (Lipinski definition) is 1. The molecule has 36 heavy (non-hydrogen) atoms. The number of amides is 1. The van der Waals surface area contributed by atoms with Crippen LogP contribution in [0.25, 0.3) is 16.0 Å². The monoisotopic (exact) mass is 518 g/mol. The molecule has 0 saturated carbocycles. The van der Waals surface area contributed by atoms with Gasteiger partial charge in [-0.2, -0.15) is 0 Å². The summed E-state index contributed by atoms with van der Waals surface area (Å²) in [6.07, 6.45) is 0.876. The van der Waals surface area contributed by atoms with Crippen molar-refractivity contribution < 1.29 is 19.4 Å². The molecule has 3 aromatic carbocycles. The summed E-state index contributed by atoms with van der Waals surface area (Å²) in [7, 11) is 0. The zero-order chi connectivity index (χ0) is 25.4. The summed E-state index contributed by atoms with van der Waals surface area (Å²) in [5.41, 5.74) is 2.95. The van der Waals surface area contributed by atoms with Crippen molar-refractivity contribution in [2.75, 3.05) is 11.5 Å². The maximum atomic E-state index is 13.4. The fourth-order valence-corrected chi connectivity index (χ4v) is 5.48. The number of hydrogen-bond acceptors (Lipinski definition) is 6. The Morgan fingerprint density at radius 1 is 1.06 bits per heavy atom. The largest absolute Gasteiger partial charge is 0.507 e. The molecule has 0 radical (unpaired) electrons. The van der Waals surface area contributed by atoms with E-state index in [4.69, 9.17) is 16.3 Å². The third-order valence-corrected chi connectivity index (χ3v) is 7.39. The van der Waals surface area contributed by atoms with E-state index in [1.54, 1.807) is 48.5 Å². The van der Waals surface area contributed by atoms with Gasteiger partial charge in [0, 0.05) is 10.6 Å². The quantitative estimate of drug-likeness (QED) is 0.178. The Hall–Kier alpha value is -3.68. The first-order valence-electron chi connectivity index (χ1n) is 11.6. The molecule has 6 nitrogen and oxygen atoms in total. The highest BCUT2D eigenvalue weighted by atomic mass is 35.5. The number of nitrogens with zero attached hydrogens (tertiary/aromatic N) is 2. The standard InChI is InChI=1S/C28H23ClN2O4S/c1-3-16-5-14-21-22(15-16)36-28(30-21)31-24(17-6-10-19(29)11-7-17)23(26(33)27(31)34)25(32)18-8-12-20(13-9-18)35-4-2/h5-15,24,32H,3-4H2,1-2H3/b25-23+/t24-/m1/s1. The van der Waals surface area contributed by atoms with Crippen LogP contribution >= 0.6 is 22.9 Å². The van der Waals surface area contributed by atoms with E-state index in [1.807, 2.05) is 25.1 Å². The lowest BCUT2D eigenvalue weighted by Crippen LogP contribution is -2.29. The molecule has 0 aliphatic carbocycles. The van der Waals surface area contributed by atoms with Gasteiger partial charge in [0.25, 0.3) is 5.78 Å². The van der Waals surface area contributed by atoms with Crippen LogP contribution in [0.3, 0.4) is 0 Å². The van der Waals surface area contributed by atoms with E-state index >= 15 is 0 Å². The Balaban J connectivity index is 1.67. The number of fused-ring (bicyclic) bond motifs is 1. The highest BCUT2D eigenvalue weighted by molar-refractivity contribution is 7.22. The highest BCUT2D eigenvalue weighted by Gasteiger charge is 2.48. The third-order valence-electron chi connectivity index (χ3n) is 6.12. The van der Waals surface area contributed by atoms with Crippen molar-refractivity contribution in [3.05, 3.63) is 94.0 Å². The molecule has 0 unspecified atom stereocenters. The van der Waals surface area contributed by atoms with Gasteiger partial charge in [-0.05, 0) is 73.0 Å². The number of carbonyl (C=O) groups is 2. The Kier molecular flexibility index (Phi) is 6.51. The molecule has 1 saturated heterocycles. The predicted molar refractivity (Wildman–Crippen MR) is 143 cm³/mol. The predicted octanol–water partition coefficient (Wildman–Crippen LogP) is 6.54. The number of rotatable bonds is 6. The summed E-state index contributed by atoms with van der Waals surface area (Å²) in [4.78, 5) is 32.8. The van der Waals surface area contributed by atoms with Gasteiger partial charge >= 0.3 is 5.91 Å². The topological polar surface area (TPSA) is 79.7 Å². The Morgan fingerprint density at radius 2 is 1.78 bits per heavy atom. The number of ether oxygens (including phenoxy) is 1. The zero-order valence-electron chi connectivity index (χ0n) is 19.7. The molecular weight excluding hydrogens is 496 g/mol. The minimum absolute atomic E-state index is 0.0000133. The lowest BCUT2D eigenvalue weighted by atomic mass is 9.95. The SMILES string of the molecule is CCOc1ccc(/C(O)=C2\C(=O)C(=O)N(c3nc4ccc(CC)cc4s3)[C@@H]2c2ccc(Cl)cc2)cc1. The molecule has 182 valence electrons. The van der Waals surface area contributed by atoms with Gasteiger partial charge in [-0.15, -0.1) is 0 Å². The number of benzene rings is 3. The van der Waals surface area contributed by atoms with Crippen LogP contribution in [-0.4, -0.2) is 28.4 Å². The normalized spacial score (nSPS) is 17.2. The van der Waals surface area contributed by atoms with Crippen molar-refractivity contribution >= 4 is 55.7 Å². The summed E-state index contributed by atoms with van der Waals surface area (Å²) in [5, 5.41) is 12.2. The molecule has 4 aromatic rings. The first kappa shape index (κ1) is 24.0. The van der Waals surface area contributed by atoms with Crippen LogP contribution < -0.4 is 9.64 Å². The van der Waals surface area contributed by atoms with Crippen LogP contribution in [-0.2, 0) is 16.0 Å². The molecule has 2 heterocycles. The zero-order valence-corrected chi connectivity index (χ0v) is 21.3. The second-order valence-electron chi connectivity index (χ2n) is 8.33. The minimum atomic E-state index is -0.861. The van der Waals surface area contributed by atoms with Gasteiger partial charge in [-0.1, -0.05) is 48.1 Å². The van der Waals surface area contributed by atoms with Crippen molar-refractivity contribution in [3.8, 4) is 5.75 Å². The number of ketones is 1. The molecule has 1 fully saturated rings. The first-order chi connectivity index (χ1) is 17.4. The molecule has 5 rings (SSSR count). The molecule has 1 aliphatic heterocycles. The van der Waals surface area contributed by atoms with Gasteiger partial charge in [0.1, 0.15) is 11.5 Å². The number of carbonyl (C=O) groups excluding carboxylic acids is 2. The second-order valence-corrected chi connectivity index (χ2v) is 9.78. The Bertz CT molecular complexity index is 1490. The van der Waals surface area contributed by atoms with E-state index in [0.29, 0.717) is 33.6 Å². The number of aliphatic hydroxyl groups is 1. The molecule has 0 bridgehead atoms. The number of thiazole rings is 1. The molecule has 0 spiro atoms. The molecular formula is C28H23ClN2O4S. The van der Waals surface area contributed by atoms with Gasteiger partial charge < -0.3 is 9.84 Å². The van der Waals surface area contributed by atoms with Gasteiger partial charge in [-0.3, -0.25) is 14.5 Å². The summed E-state index contributed by atoms with van der Waals surface area (Å²) >= 11 is 7.46. The number of halogens is 1. The molecule has 1 amide bonds.